The second kappa shape index (κ2) is 3.28. The second-order valence-electron chi connectivity index (χ2n) is 3.81. The second-order valence-corrected chi connectivity index (χ2v) is 4.25. The largest absolute Gasteiger partial charge is 0.303 e. The van der Waals surface area contributed by atoms with E-state index in [1.807, 2.05) is 22.7 Å². The summed E-state index contributed by atoms with van der Waals surface area (Å²) in [5.74, 6) is 0.452. The Morgan fingerprint density at radius 3 is 2.71 bits per heavy atom. The zero-order valence-corrected chi connectivity index (χ0v) is 9.34. The molecule has 0 spiro atoms. The van der Waals surface area contributed by atoms with Crippen LogP contribution in [0, 0.1) is 6.92 Å². The van der Waals surface area contributed by atoms with E-state index < -0.39 is 0 Å². The van der Waals surface area contributed by atoms with Crippen molar-refractivity contribution in [2.45, 2.75) is 26.7 Å². The molecule has 0 aromatic carbocycles. The van der Waals surface area contributed by atoms with E-state index in [-0.39, 0.29) is 0 Å². The van der Waals surface area contributed by atoms with Gasteiger partial charge in [-0.1, -0.05) is 25.4 Å². The fourth-order valence-corrected chi connectivity index (χ4v) is 1.86. The average molecular weight is 209 g/mol. The summed E-state index contributed by atoms with van der Waals surface area (Å²) in [7, 11) is 0. The van der Waals surface area contributed by atoms with Gasteiger partial charge in [-0.05, 0) is 25.0 Å². The quantitative estimate of drug-likeness (QED) is 0.702. The molecule has 0 unspecified atom stereocenters. The molecule has 2 nitrogen and oxygen atoms in total. The van der Waals surface area contributed by atoms with Crippen molar-refractivity contribution in [3.63, 3.8) is 0 Å². The highest BCUT2D eigenvalue weighted by Crippen LogP contribution is 2.21. The number of rotatable bonds is 1. The number of nitrogens with zero attached hydrogens (tertiary/aromatic N) is 2. The third-order valence-corrected chi connectivity index (χ3v) is 2.63. The van der Waals surface area contributed by atoms with E-state index in [0.29, 0.717) is 5.92 Å². The van der Waals surface area contributed by atoms with Crippen LogP contribution in [0.4, 0.5) is 0 Å². The van der Waals surface area contributed by atoms with E-state index in [1.54, 1.807) is 0 Å². The smallest absolute Gasteiger partial charge is 0.137 e. The van der Waals surface area contributed by atoms with Crippen LogP contribution in [0.5, 0.6) is 0 Å². The SMILES string of the molecule is Cc1c(C(C)C)nc2ccc(Cl)cn12. The first-order chi connectivity index (χ1) is 6.59. The zero-order valence-electron chi connectivity index (χ0n) is 8.58. The van der Waals surface area contributed by atoms with Crippen LogP contribution in [0.2, 0.25) is 5.02 Å². The summed E-state index contributed by atoms with van der Waals surface area (Å²) >= 11 is 5.93. The van der Waals surface area contributed by atoms with Crippen LogP contribution in [-0.2, 0) is 0 Å². The number of hydrogen-bond donors (Lipinski definition) is 0. The number of hydrogen-bond acceptors (Lipinski definition) is 1. The highest BCUT2D eigenvalue weighted by atomic mass is 35.5. The molecule has 74 valence electrons. The van der Waals surface area contributed by atoms with Gasteiger partial charge in [-0.2, -0.15) is 0 Å². The Balaban J connectivity index is 2.74. The van der Waals surface area contributed by atoms with Gasteiger partial charge in [0.15, 0.2) is 0 Å². The number of pyridine rings is 1. The lowest BCUT2D eigenvalue weighted by molar-refractivity contribution is 0.821. The lowest BCUT2D eigenvalue weighted by Crippen LogP contribution is -1.91. The molecule has 2 heterocycles. The molecule has 0 atom stereocenters. The molecule has 2 rings (SSSR count). The van der Waals surface area contributed by atoms with Crippen molar-refractivity contribution in [2.75, 3.05) is 0 Å². The summed E-state index contributed by atoms with van der Waals surface area (Å²) in [4.78, 5) is 4.56. The van der Waals surface area contributed by atoms with E-state index in [1.165, 1.54) is 5.69 Å². The van der Waals surface area contributed by atoms with Gasteiger partial charge >= 0.3 is 0 Å². The Hall–Kier alpha value is -1.02. The highest BCUT2D eigenvalue weighted by molar-refractivity contribution is 6.30. The molecule has 0 saturated heterocycles. The molecule has 0 fully saturated rings. The number of aryl methyl sites for hydroxylation is 1. The Morgan fingerprint density at radius 2 is 2.07 bits per heavy atom. The Bertz CT molecular complexity index is 471. The van der Waals surface area contributed by atoms with E-state index in [2.05, 4.69) is 25.8 Å². The summed E-state index contributed by atoms with van der Waals surface area (Å²) in [5, 5.41) is 0.744. The van der Waals surface area contributed by atoms with Gasteiger partial charge in [0.05, 0.1) is 10.7 Å². The molecule has 2 aromatic heterocycles. The van der Waals surface area contributed by atoms with Gasteiger partial charge in [0.1, 0.15) is 5.65 Å². The lowest BCUT2D eigenvalue weighted by atomic mass is 10.1. The maximum absolute atomic E-state index is 5.93. The minimum Gasteiger partial charge on any atom is -0.303 e. The zero-order chi connectivity index (χ0) is 10.3. The van der Waals surface area contributed by atoms with Crippen LogP contribution < -0.4 is 0 Å². The fourth-order valence-electron chi connectivity index (χ4n) is 1.70. The predicted molar refractivity (Wildman–Crippen MR) is 59.0 cm³/mol. The Kier molecular flexibility index (Phi) is 2.23. The third kappa shape index (κ3) is 1.40. The van der Waals surface area contributed by atoms with Crippen molar-refractivity contribution >= 4 is 17.2 Å². The molecule has 0 radical (unpaired) electrons. The van der Waals surface area contributed by atoms with Gasteiger partial charge in [-0.15, -0.1) is 0 Å². The Morgan fingerprint density at radius 1 is 1.36 bits per heavy atom. The number of fused-ring (bicyclic) bond motifs is 1. The molecule has 0 amide bonds. The van der Waals surface area contributed by atoms with Crippen molar-refractivity contribution in [3.05, 3.63) is 34.7 Å². The predicted octanol–water partition coefficient (Wildman–Crippen LogP) is 3.42. The summed E-state index contributed by atoms with van der Waals surface area (Å²) < 4.78 is 2.04. The van der Waals surface area contributed by atoms with Crippen molar-refractivity contribution in [3.8, 4) is 0 Å². The average Bonchev–Trinajstić information content (AvgIpc) is 2.44. The van der Waals surface area contributed by atoms with Crippen LogP contribution in [-0.4, -0.2) is 9.38 Å². The fraction of sp³-hybridized carbons (Fsp3) is 0.364. The van der Waals surface area contributed by atoms with Gasteiger partial charge in [0, 0.05) is 11.9 Å². The van der Waals surface area contributed by atoms with Gasteiger partial charge < -0.3 is 4.40 Å². The lowest BCUT2D eigenvalue weighted by Gasteiger charge is -2.01. The maximum Gasteiger partial charge on any atom is 0.137 e. The molecule has 0 N–H and O–H groups in total. The Labute approximate surface area is 88.5 Å². The van der Waals surface area contributed by atoms with Crippen LogP contribution in [0.25, 0.3) is 5.65 Å². The van der Waals surface area contributed by atoms with Crippen LogP contribution in [0.15, 0.2) is 18.3 Å². The van der Waals surface area contributed by atoms with Gasteiger partial charge in [-0.25, -0.2) is 4.98 Å². The topological polar surface area (TPSA) is 17.3 Å². The molecule has 0 aliphatic heterocycles. The minimum atomic E-state index is 0.452. The van der Waals surface area contributed by atoms with Crippen molar-refractivity contribution < 1.29 is 0 Å². The summed E-state index contributed by atoms with van der Waals surface area (Å²) in [6.07, 6.45) is 1.91. The molecule has 0 saturated carbocycles. The first kappa shape index (κ1) is 9.53. The summed E-state index contributed by atoms with van der Waals surface area (Å²) in [5.41, 5.74) is 3.29. The molecular formula is C11H13ClN2. The molecule has 2 aromatic rings. The third-order valence-electron chi connectivity index (χ3n) is 2.40. The number of halogens is 1. The van der Waals surface area contributed by atoms with E-state index >= 15 is 0 Å². The van der Waals surface area contributed by atoms with Crippen molar-refractivity contribution in [1.29, 1.82) is 0 Å². The van der Waals surface area contributed by atoms with Gasteiger partial charge in [0.25, 0.3) is 0 Å². The van der Waals surface area contributed by atoms with Crippen molar-refractivity contribution in [1.82, 2.24) is 9.38 Å². The normalized spacial score (nSPS) is 11.5. The minimum absolute atomic E-state index is 0.452. The molecular weight excluding hydrogens is 196 g/mol. The monoisotopic (exact) mass is 208 g/mol. The van der Waals surface area contributed by atoms with Crippen LogP contribution >= 0.6 is 11.6 Å². The van der Waals surface area contributed by atoms with E-state index in [4.69, 9.17) is 11.6 Å². The number of aromatic nitrogens is 2. The summed E-state index contributed by atoms with van der Waals surface area (Å²) in [6, 6.07) is 3.81. The summed E-state index contributed by atoms with van der Waals surface area (Å²) in [6.45, 7) is 6.37. The van der Waals surface area contributed by atoms with Gasteiger partial charge in [-0.3, -0.25) is 0 Å². The molecule has 0 aliphatic carbocycles. The number of imidazole rings is 1. The molecule has 14 heavy (non-hydrogen) atoms. The maximum atomic E-state index is 5.93. The first-order valence-electron chi connectivity index (χ1n) is 4.73. The standard InChI is InChI=1S/C11H13ClN2/c1-7(2)11-8(3)14-6-9(12)4-5-10(14)13-11/h4-7H,1-3H3. The molecule has 3 heteroatoms. The molecule has 0 bridgehead atoms. The van der Waals surface area contributed by atoms with E-state index in [0.717, 1.165) is 16.4 Å². The van der Waals surface area contributed by atoms with Gasteiger partial charge in [0.2, 0.25) is 0 Å². The highest BCUT2D eigenvalue weighted by Gasteiger charge is 2.10. The van der Waals surface area contributed by atoms with Crippen LogP contribution in [0.3, 0.4) is 0 Å². The van der Waals surface area contributed by atoms with Crippen molar-refractivity contribution in [2.24, 2.45) is 0 Å². The first-order valence-corrected chi connectivity index (χ1v) is 5.11. The van der Waals surface area contributed by atoms with E-state index in [9.17, 15) is 0 Å². The molecule has 0 aliphatic rings. The van der Waals surface area contributed by atoms with Crippen LogP contribution in [0.1, 0.15) is 31.2 Å².